The lowest BCUT2D eigenvalue weighted by Crippen LogP contribution is -2.24. The van der Waals surface area contributed by atoms with Crippen LogP contribution in [0.2, 0.25) is 0 Å². The first-order valence-electron chi connectivity index (χ1n) is 8.52. The largest absolute Gasteiger partial charge is 0.451 e. The van der Waals surface area contributed by atoms with Gasteiger partial charge in [0.05, 0.1) is 11.3 Å². The molecular weight excluding hydrogens is 360 g/mol. The number of carbonyl (C=O) groups is 3. The molecule has 1 heterocycles. The lowest BCUT2D eigenvalue weighted by atomic mass is 10.1. The second-order valence-corrected chi connectivity index (χ2v) is 6.06. The fourth-order valence-corrected chi connectivity index (χ4v) is 2.53. The molecule has 8 heteroatoms. The number of hydrogen-bond donors (Lipinski definition) is 1. The average molecular weight is 378 g/mol. The van der Waals surface area contributed by atoms with Gasteiger partial charge in [0.15, 0.2) is 6.10 Å². The van der Waals surface area contributed by atoms with Crippen LogP contribution in [0.3, 0.4) is 0 Å². The lowest BCUT2D eigenvalue weighted by molar-refractivity contribution is -0.114. The summed E-state index contributed by atoms with van der Waals surface area (Å²) in [4.78, 5) is 39.7. The maximum Gasteiger partial charge on any atom is 0.338 e. The number of hydrogen-bond acceptors (Lipinski definition) is 6. The van der Waals surface area contributed by atoms with Crippen LogP contribution >= 0.6 is 0 Å². The lowest BCUT2D eigenvalue weighted by Gasteiger charge is -2.13. The summed E-state index contributed by atoms with van der Waals surface area (Å²) in [6.45, 7) is 2.92. The standard InChI is InChI=1S/C20H18N4O4/c1-13(19(26)15-3-7-17(8-4-15)23-14(2)25)28-20(27)16-5-9-18(10-6-16)24-12-21-11-22-24/h3-13H,1-2H3,(H,23,25). The van der Waals surface area contributed by atoms with E-state index in [9.17, 15) is 14.4 Å². The van der Waals surface area contributed by atoms with Crippen LogP contribution in [0, 0.1) is 0 Å². The number of esters is 1. The van der Waals surface area contributed by atoms with Gasteiger partial charge in [-0.1, -0.05) is 0 Å². The van der Waals surface area contributed by atoms with Gasteiger partial charge in [-0.2, -0.15) is 5.10 Å². The molecule has 0 bridgehead atoms. The molecule has 0 radical (unpaired) electrons. The zero-order valence-corrected chi connectivity index (χ0v) is 15.3. The molecule has 0 fully saturated rings. The fourth-order valence-electron chi connectivity index (χ4n) is 2.53. The number of carbonyl (C=O) groups excluding carboxylic acids is 3. The normalized spacial score (nSPS) is 11.5. The Morgan fingerprint density at radius 2 is 1.64 bits per heavy atom. The number of ether oxygens (including phenoxy) is 1. The van der Waals surface area contributed by atoms with Gasteiger partial charge in [0.25, 0.3) is 0 Å². The van der Waals surface area contributed by atoms with Gasteiger partial charge in [0.1, 0.15) is 12.7 Å². The van der Waals surface area contributed by atoms with Crippen LogP contribution in [-0.4, -0.2) is 38.5 Å². The molecule has 0 aliphatic heterocycles. The molecule has 28 heavy (non-hydrogen) atoms. The minimum absolute atomic E-state index is 0.198. The van der Waals surface area contributed by atoms with Gasteiger partial charge in [0, 0.05) is 18.2 Å². The highest BCUT2D eigenvalue weighted by molar-refractivity contribution is 6.02. The molecule has 8 nitrogen and oxygen atoms in total. The number of amides is 1. The van der Waals surface area contributed by atoms with E-state index in [2.05, 4.69) is 15.4 Å². The van der Waals surface area contributed by atoms with E-state index in [0.717, 1.165) is 5.69 Å². The molecule has 0 saturated heterocycles. The second kappa shape index (κ2) is 8.26. The van der Waals surface area contributed by atoms with Gasteiger partial charge >= 0.3 is 5.97 Å². The van der Waals surface area contributed by atoms with E-state index in [-0.39, 0.29) is 11.7 Å². The first kappa shape index (κ1) is 19.0. The second-order valence-electron chi connectivity index (χ2n) is 6.06. The fraction of sp³-hybridized carbons (Fsp3) is 0.150. The molecule has 0 spiro atoms. The van der Waals surface area contributed by atoms with Gasteiger partial charge in [-0.05, 0) is 55.5 Å². The van der Waals surface area contributed by atoms with Crippen molar-refractivity contribution < 1.29 is 19.1 Å². The number of anilines is 1. The van der Waals surface area contributed by atoms with Crippen LogP contribution in [0.4, 0.5) is 5.69 Å². The molecule has 3 aromatic rings. The van der Waals surface area contributed by atoms with Gasteiger partial charge in [-0.3, -0.25) is 9.59 Å². The molecular formula is C20H18N4O4. The van der Waals surface area contributed by atoms with Crippen molar-refractivity contribution in [3.05, 3.63) is 72.3 Å². The Hall–Kier alpha value is -3.81. The van der Waals surface area contributed by atoms with Crippen LogP contribution in [0.5, 0.6) is 0 Å². The van der Waals surface area contributed by atoms with E-state index >= 15 is 0 Å². The van der Waals surface area contributed by atoms with Gasteiger partial charge < -0.3 is 10.1 Å². The monoisotopic (exact) mass is 378 g/mol. The molecule has 1 amide bonds. The van der Waals surface area contributed by atoms with Crippen molar-refractivity contribution >= 4 is 23.3 Å². The molecule has 2 aromatic carbocycles. The third-order valence-electron chi connectivity index (χ3n) is 3.93. The van der Waals surface area contributed by atoms with E-state index in [1.54, 1.807) is 59.5 Å². The molecule has 1 atom stereocenters. The molecule has 0 aliphatic carbocycles. The van der Waals surface area contributed by atoms with Crippen molar-refractivity contribution in [2.24, 2.45) is 0 Å². The van der Waals surface area contributed by atoms with Crippen LogP contribution in [0.25, 0.3) is 5.69 Å². The summed E-state index contributed by atoms with van der Waals surface area (Å²) in [6, 6.07) is 13.0. The summed E-state index contributed by atoms with van der Waals surface area (Å²) < 4.78 is 6.85. The van der Waals surface area contributed by atoms with Gasteiger partial charge in [-0.25, -0.2) is 14.5 Å². The van der Waals surface area contributed by atoms with Crippen LogP contribution in [0.15, 0.2) is 61.2 Å². The van der Waals surface area contributed by atoms with Crippen molar-refractivity contribution in [3.63, 3.8) is 0 Å². The van der Waals surface area contributed by atoms with Gasteiger partial charge in [-0.15, -0.1) is 0 Å². The smallest absolute Gasteiger partial charge is 0.338 e. The highest BCUT2D eigenvalue weighted by atomic mass is 16.5. The Morgan fingerprint density at radius 1 is 1.00 bits per heavy atom. The van der Waals surface area contributed by atoms with E-state index in [0.29, 0.717) is 16.8 Å². The number of Topliss-reactive ketones (excluding diaryl/α,β-unsaturated/α-hetero) is 1. The maximum atomic E-state index is 12.5. The predicted molar refractivity (Wildman–Crippen MR) is 101 cm³/mol. The Morgan fingerprint density at radius 3 is 2.21 bits per heavy atom. The topological polar surface area (TPSA) is 103 Å². The number of nitrogens with zero attached hydrogens (tertiary/aromatic N) is 3. The number of ketones is 1. The van der Waals surface area contributed by atoms with E-state index in [4.69, 9.17) is 4.74 Å². The van der Waals surface area contributed by atoms with Crippen molar-refractivity contribution in [3.8, 4) is 5.69 Å². The molecule has 0 saturated carbocycles. The number of aromatic nitrogens is 3. The zero-order chi connectivity index (χ0) is 20.1. The Bertz CT molecular complexity index is 980. The Kier molecular flexibility index (Phi) is 5.59. The minimum Gasteiger partial charge on any atom is -0.451 e. The molecule has 1 aromatic heterocycles. The SMILES string of the molecule is CC(=O)Nc1ccc(C(=O)C(C)OC(=O)c2ccc(-n3cncn3)cc2)cc1. The van der Waals surface area contributed by atoms with E-state index in [1.165, 1.54) is 20.2 Å². The zero-order valence-electron chi connectivity index (χ0n) is 15.3. The molecule has 1 N–H and O–H groups in total. The van der Waals surface area contributed by atoms with Gasteiger partial charge in [0.2, 0.25) is 11.7 Å². The Labute approximate surface area is 161 Å². The first-order chi connectivity index (χ1) is 13.4. The highest BCUT2D eigenvalue weighted by Crippen LogP contribution is 2.14. The molecule has 142 valence electrons. The van der Waals surface area contributed by atoms with Crippen molar-refractivity contribution in [1.29, 1.82) is 0 Å². The summed E-state index contributed by atoms with van der Waals surface area (Å²) in [7, 11) is 0. The maximum absolute atomic E-state index is 12.5. The summed E-state index contributed by atoms with van der Waals surface area (Å²) in [5.41, 5.74) is 2.04. The summed E-state index contributed by atoms with van der Waals surface area (Å²) in [6.07, 6.45) is 2.01. The van der Waals surface area contributed by atoms with Crippen molar-refractivity contribution in [2.45, 2.75) is 20.0 Å². The third-order valence-corrected chi connectivity index (χ3v) is 3.93. The highest BCUT2D eigenvalue weighted by Gasteiger charge is 2.20. The number of benzene rings is 2. The van der Waals surface area contributed by atoms with Crippen LogP contribution in [0.1, 0.15) is 34.6 Å². The quantitative estimate of drug-likeness (QED) is 0.522. The van der Waals surface area contributed by atoms with E-state index < -0.39 is 12.1 Å². The molecule has 3 rings (SSSR count). The number of nitrogens with one attached hydrogen (secondary N) is 1. The van der Waals surface area contributed by atoms with Crippen LogP contribution in [-0.2, 0) is 9.53 Å². The summed E-state index contributed by atoms with van der Waals surface area (Å²) in [5, 5.41) is 6.63. The van der Waals surface area contributed by atoms with Crippen molar-refractivity contribution in [2.75, 3.05) is 5.32 Å². The average Bonchev–Trinajstić information content (AvgIpc) is 3.22. The minimum atomic E-state index is -0.950. The molecule has 0 aliphatic rings. The number of rotatable bonds is 6. The van der Waals surface area contributed by atoms with Crippen LogP contribution < -0.4 is 5.32 Å². The summed E-state index contributed by atoms with van der Waals surface area (Å²) in [5.74, 6) is -1.13. The predicted octanol–water partition coefficient (Wildman–Crippen LogP) is 2.65. The Balaban J connectivity index is 1.63. The third kappa shape index (κ3) is 4.47. The first-order valence-corrected chi connectivity index (χ1v) is 8.52. The van der Waals surface area contributed by atoms with Crippen molar-refractivity contribution in [1.82, 2.24) is 14.8 Å². The molecule has 1 unspecified atom stereocenters. The summed E-state index contributed by atoms with van der Waals surface area (Å²) >= 11 is 0. The van der Waals surface area contributed by atoms with E-state index in [1.807, 2.05) is 0 Å².